The average Bonchev–Trinajstić information content (AvgIpc) is 3.24. The first-order valence-corrected chi connectivity index (χ1v) is 13.0. The number of methoxy groups -OCH3 is 1. The summed E-state index contributed by atoms with van der Waals surface area (Å²) >= 11 is 0. The molecule has 4 nitrogen and oxygen atoms in total. The van der Waals surface area contributed by atoms with Crippen LogP contribution in [-0.4, -0.2) is 18.2 Å². The highest BCUT2D eigenvalue weighted by Crippen LogP contribution is 2.47. The molecular formula is C32H34F2O4. The van der Waals surface area contributed by atoms with E-state index in [-0.39, 0.29) is 23.6 Å². The number of halogens is 2. The number of hydrogen-bond acceptors (Lipinski definition) is 3. The van der Waals surface area contributed by atoms with Gasteiger partial charge in [0.05, 0.1) is 13.0 Å². The highest BCUT2D eigenvalue weighted by Gasteiger charge is 2.30. The number of ether oxygens (including phenoxy) is 2. The van der Waals surface area contributed by atoms with Gasteiger partial charge in [0, 0.05) is 11.6 Å². The van der Waals surface area contributed by atoms with E-state index in [0.29, 0.717) is 29.7 Å². The number of hydrogen-bond donors (Lipinski definition) is 1. The Morgan fingerprint density at radius 3 is 2.45 bits per heavy atom. The van der Waals surface area contributed by atoms with Gasteiger partial charge in [0.1, 0.15) is 29.7 Å². The Morgan fingerprint density at radius 1 is 1.00 bits per heavy atom. The molecule has 0 aliphatic heterocycles. The van der Waals surface area contributed by atoms with Gasteiger partial charge >= 0.3 is 5.97 Å². The van der Waals surface area contributed by atoms with Crippen molar-refractivity contribution in [3.63, 3.8) is 0 Å². The van der Waals surface area contributed by atoms with Gasteiger partial charge in [-0.05, 0) is 88.9 Å². The summed E-state index contributed by atoms with van der Waals surface area (Å²) in [5, 5.41) is 9.59. The second-order valence-electron chi connectivity index (χ2n) is 10.5. The minimum absolute atomic E-state index is 0.0772. The van der Waals surface area contributed by atoms with Gasteiger partial charge in [0.2, 0.25) is 0 Å². The van der Waals surface area contributed by atoms with E-state index in [1.807, 2.05) is 25.1 Å². The van der Waals surface area contributed by atoms with Gasteiger partial charge in [-0.15, -0.1) is 0 Å². The fourth-order valence-electron chi connectivity index (χ4n) is 5.20. The molecule has 0 amide bonds. The Kier molecular flexibility index (Phi) is 8.20. The molecule has 1 N–H and O–H groups in total. The van der Waals surface area contributed by atoms with E-state index in [2.05, 4.69) is 19.9 Å². The summed E-state index contributed by atoms with van der Waals surface area (Å²) in [5.41, 5.74) is 4.44. The smallest absolute Gasteiger partial charge is 0.310 e. The fraction of sp³-hybridized carbons (Fsp3) is 0.344. The lowest BCUT2D eigenvalue weighted by Gasteiger charge is -2.25. The van der Waals surface area contributed by atoms with Gasteiger partial charge in [0.15, 0.2) is 0 Å². The molecule has 0 saturated heterocycles. The maximum Gasteiger partial charge on any atom is 0.310 e. The average molecular weight is 521 g/mol. The van der Waals surface area contributed by atoms with Gasteiger partial charge in [-0.2, -0.15) is 0 Å². The monoisotopic (exact) mass is 520 g/mol. The Morgan fingerprint density at radius 2 is 1.79 bits per heavy atom. The van der Waals surface area contributed by atoms with Crippen LogP contribution in [0.1, 0.15) is 69.1 Å². The van der Waals surface area contributed by atoms with Crippen LogP contribution in [0.25, 0.3) is 16.7 Å². The SMILES string of the molecule is CCCC(C(=O)O)c1cc(F)cc(OCc2ccc(-c3cc(OC)ccc3F)c(C3=CCCC3(C)C)c2)c1. The Balaban J connectivity index is 1.69. The lowest BCUT2D eigenvalue weighted by atomic mass is 9.79. The topological polar surface area (TPSA) is 55.8 Å². The molecule has 3 aromatic carbocycles. The minimum atomic E-state index is -0.985. The molecule has 0 spiro atoms. The first kappa shape index (κ1) is 27.4. The molecule has 0 saturated carbocycles. The Hall–Kier alpha value is -3.67. The molecule has 0 aromatic heterocycles. The zero-order chi connectivity index (χ0) is 27.4. The Bertz CT molecular complexity index is 1360. The van der Waals surface area contributed by atoms with E-state index in [1.165, 1.54) is 18.2 Å². The van der Waals surface area contributed by atoms with Crippen molar-refractivity contribution in [2.24, 2.45) is 5.41 Å². The molecule has 3 aromatic rings. The standard InChI is InChI=1S/C32H34F2O4/c1-5-7-25(31(35)36)21-15-22(33)17-24(16-21)38-19-20-9-11-26(28-18-23(37-4)10-12-30(28)34)27(14-20)29-8-6-13-32(29,2)3/h8-12,14-18,25H,5-7,13,19H2,1-4H3,(H,35,36). The third kappa shape index (κ3) is 5.90. The van der Waals surface area contributed by atoms with Crippen LogP contribution in [0.15, 0.2) is 60.7 Å². The largest absolute Gasteiger partial charge is 0.497 e. The molecule has 1 atom stereocenters. The van der Waals surface area contributed by atoms with Crippen molar-refractivity contribution in [2.75, 3.05) is 7.11 Å². The molecule has 6 heteroatoms. The van der Waals surface area contributed by atoms with Crippen LogP contribution in [0.2, 0.25) is 0 Å². The van der Waals surface area contributed by atoms with Crippen LogP contribution < -0.4 is 9.47 Å². The van der Waals surface area contributed by atoms with Crippen LogP contribution in [0.4, 0.5) is 8.78 Å². The number of rotatable bonds is 10. The third-order valence-electron chi connectivity index (χ3n) is 7.26. The highest BCUT2D eigenvalue weighted by molar-refractivity contribution is 5.85. The number of aliphatic carboxylic acids is 1. The van der Waals surface area contributed by atoms with Crippen molar-refractivity contribution in [2.45, 2.75) is 59.0 Å². The zero-order valence-corrected chi connectivity index (χ0v) is 22.3. The third-order valence-corrected chi connectivity index (χ3v) is 7.26. The summed E-state index contributed by atoms with van der Waals surface area (Å²) in [6.07, 6.45) is 5.23. The first-order valence-electron chi connectivity index (χ1n) is 13.0. The first-order chi connectivity index (χ1) is 18.1. The van der Waals surface area contributed by atoms with Gasteiger partial charge in [0.25, 0.3) is 0 Å². The maximum atomic E-state index is 15.0. The molecule has 0 bridgehead atoms. The molecule has 1 unspecified atom stereocenters. The summed E-state index contributed by atoms with van der Waals surface area (Å²) in [7, 11) is 1.56. The molecule has 0 radical (unpaired) electrons. The fourth-order valence-corrected chi connectivity index (χ4v) is 5.20. The number of benzene rings is 3. The number of carboxylic acids is 1. The van der Waals surface area contributed by atoms with Crippen LogP contribution in [0.5, 0.6) is 11.5 Å². The van der Waals surface area contributed by atoms with Gasteiger partial charge in [-0.1, -0.05) is 45.4 Å². The predicted octanol–water partition coefficient (Wildman–Crippen LogP) is 8.39. The second-order valence-corrected chi connectivity index (χ2v) is 10.5. The van der Waals surface area contributed by atoms with E-state index in [9.17, 15) is 18.7 Å². The lowest BCUT2D eigenvalue weighted by molar-refractivity contribution is -0.139. The van der Waals surface area contributed by atoms with E-state index in [0.717, 1.165) is 35.1 Å². The summed E-state index contributed by atoms with van der Waals surface area (Å²) in [6.45, 7) is 6.41. The van der Waals surface area contributed by atoms with Crippen molar-refractivity contribution in [1.29, 1.82) is 0 Å². The van der Waals surface area contributed by atoms with Crippen molar-refractivity contribution in [1.82, 2.24) is 0 Å². The molecule has 1 aliphatic carbocycles. The minimum Gasteiger partial charge on any atom is -0.497 e. The van der Waals surface area contributed by atoms with Crippen molar-refractivity contribution in [3.05, 3.63) is 89.0 Å². The molecule has 38 heavy (non-hydrogen) atoms. The summed E-state index contributed by atoms with van der Waals surface area (Å²) in [5.74, 6) is -1.81. The highest BCUT2D eigenvalue weighted by atomic mass is 19.1. The van der Waals surface area contributed by atoms with E-state index in [1.54, 1.807) is 25.3 Å². The van der Waals surface area contributed by atoms with E-state index >= 15 is 0 Å². The van der Waals surface area contributed by atoms with Crippen LogP contribution in [-0.2, 0) is 11.4 Å². The normalized spacial score (nSPS) is 15.2. The molecule has 200 valence electrons. The lowest BCUT2D eigenvalue weighted by Crippen LogP contribution is -2.12. The number of carbonyl (C=O) groups is 1. The van der Waals surface area contributed by atoms with Gasteiger partial charge in [-0.25, -0.2) is 8.78 Å². The van der Waals surface area contributed by atoms with Crippen molar-refractivity contribution < 1.29 is 28.2 Å². The van der Waals surface area contributed by atoms with Crippen molar-refractivity contribution >= 4 is 11.5 Å². The second kappa shape index (κ2) is 11.4. The zero-order valence-electron chi connectivity index (χ0n) is 22.3. The van der Waals surface area contributed by atoms with E-state index < -0.39 is 17.7 Å². The molecule has 0 fully saturated rings. The van der Waals surface area contributed by atoms with Gasteiger partial charge in [-0.3, -0.25) is 4.79 Å². The molecule has 4 rings (SSSR count). The number of carboxylic acid groups (broad SMARTS) is 1. The van der Waals surface area contributed by atoms with Crippen LogP contribution >= 0.6 is 0 Å². The summed E-state index contributed by atoms with van der Waals surface area (Å²) < 4.78 is 40.7. The van der Waals surface area contributed by atoms with E-state index in [4.69, 9.17) is 9.47 Å². The summed E-state index contributed by atoms with van der Waals surface area (Å²) in [6, 6.07) is 14.6. The maximum absolute atomic E-state index is 15.0. The Labute approximate surface area is 222 Å². The van der Waals surface area contributed by atoms with Crippen LogP contribution in [0.3, 0.4) is 0 Å². The molecule has 1 aliphatic rings. The number of allylic oxidation sites excluding steroid dienone is 2. The quantitative estimate of drug-likeness (QED) is 0.292. The van der Waals surface area contributed by atoms with Crippen LogP contribution in [0, 0.1) is 17.0 Å². The van der Waals surface area contributed by atoms with Gasteiger partial charge < -0.3 is 14.6 Å². The molecule has 0 heterocycles. The molecular weight excluding hydrogens is 486 g/mol. The summed E-state index contributed by atoms with van der Waals surface area (Å²) in [4.78, 5) is 11.7. The predicted molar refractivity (Wildman–Crippen MR) is 145 cm³/mol. The van der Waals surface area contributed by atoms with Crippen molar-refractivity contribution in [3.8, 4) is 22.6 Å².